The molecule has 0 aliphatic heterocycles. The van der Waals surface area contributed by atoms with Gasteiger partial charge in [-0.25, -0.2) is 13.6 Å². The van der Waals surface area contributed by atoms with Gasteiger partial charge in [0.05, 0.1) is 0 Å². The van der Waals surface area contributed by atoms with Crippen molar-refractivity contribution >= 4 is 5.97 Å². The van der Waals surface area contributed by atoms with Crippen LogP contribution in [0.3, 0.4) is 0 Å². The minimum Gasteiger partial charge on any atom is -0.298 e. The Morgan fingerprint density at radius 2 is 2.18 bits per heavy atom. The van der Waals surface area contributed by atoms with Crippen molar-refractivity contribution in [2.75, 3.05) is 6.61 Å². The number of hydrogen-bond donors (Lipinski definition) is 0. The van der Waals surface area contributed by atoms with Crippen LogP contribution in [0.4, 0.5) is 8.78 Å². The molecular weight excluding hydrogens is 158 g/mol. The van der Waals surface area contributed by atoms with Crippen molar-refractivity contribution in [2.24, 2.45) is 0 Å². The van der Waals surface area contributed by atoms with Crippen molar-refractivity contribution in [3.05, 3.63) is 0 Å². The SMILES string of the molecule is CCCC(=O)OOCC(F)F. The molecule has 0 saturated carbocycles. The Labute approximate surface area is 63.2 Å². The second-order valence-electron chi connectivity index (χ2n) is 1.88. The van der Waals surface area contributed by atoms with E-state index in [4.69, 9.17) is 0 Å². The Kier molecular flexibility index (Phi) is 5.64. The summed E-state index contributed by atoms with van der Waals surface area (Å²) in [6, 6.07) is 0. The van der Waals surface area contributed by atoms with Crippen molar-refractivity contribution in [1.82, 2.24) is 0 Å². The van der Waals surface area contributed by atoms with E-state index in [0.29, 0.717) is 6.42 Å². The van der Waals surface area contributed by atoms with Gasteiger partial charge in [0.25, 0.3) is 6.43 Å². The standard InChI is InChI=1S/C6H10F2O3/c1-2-3-6(9)11-10-4-5(7)8/h5H,2-4H2,1H3. The maximum Gasteiger partial charge on any atom is 0.342 e. The number of alkyl halides is 2. The van der Waals surface area contributed by atoms with Crippen LogP contribution in [0.15, 0.2) is 0 Å². The van der Waals surface area contributed by atoms with Gasteiger partial charge in [0.15, 0.2) is 6.61 Å². The van der Waals surface area contributed by atoms with E-state index in [1.54, 1.807) is 6.92 Å². The van der Waals surface area contributed by atoms with E-state index >= 15 is 0 Å². The third-order valence-corrected chi connectivity index (χ3v) is 0.800. The summed E-state index contributed by atoms with van der Waals surface area (Å²) in [6.07, 6.45) is -1.82. The van der Waals surface area contributed by atoms with E-state index in [1.807, 2.05) is 0 Å². The Hall–Kier alpha value is -0.710. The first-order valence-electron chi connectivity index (χ1n) is 3.27. The van der Waals surface area contributed by atoms with Crippen LogP contribution in [0, 0.1) is 0 Å². The third kappa shape index (κ3) is 7.18. The highest BCUT2D eigenvalue weighted by Gasteiger charge is 2.06. The smallest absolute Gasteiger partial charge is 0.298 e. The van der Waals surface area contributed by atoms with Crippen molar-refractivity contribution in [1.29, 1.82) is 0 Å². The normalized spacial score (nSPS) is 10.2. The van der Waals surface area contributed by atoms with Gasteiger partial charge < -0.3 is 0 Å². The fourth-order valence-corrected chi connectivity index (χ4v) is 0.397. The molecule has 0 aromatic carbocycles. The average Bonchev–Trinajstić information content (AvgIpc) is 1.87. The first-order valence-corrected chi connectivity index (χ1v) is 3.27. The number of rotatable bonds is 5. The lowest BCUT2D eigenvalue weighted by Crippen LogP contribution is -2.09. The third-order valence-electron chi connectivity index (χ3n) is 0.800. The molecule has 0 heterocycles. The van der Waals surface area contributed by atoms with Crippen LogP contribution >= 0.6 is 0 Å². The fraction of sp³-hybridized carbons (Fsp3) is 0.833. The number of hydrogen-bond acceptors (Lipinski definition) is 3. The Balaban J connectivity index is 3.17. The summed E-state index contributed by atoms with van der Waals surface area (Å²) in [5.41, 5.74) is 0. The fourth-order valence-electron chi connectivity index (χ4n) is 0.397. The van der Waals surface area contributed by atoms with Crippen molar-refractivity contribution in [3.8, 4) is 0 Å². The zero-order valence-corrected chi connectivity index (χ0v) is 6.18. The molecular formula is C6H10F2O3. The van der Waals surface area contributed by atoms with E-state index in [1.165, 1.54) is 0 Å². The second kappa shape index (κ2) is 6.03. The molecule has 0 unspecified atom stereocenters. The number of carbonyl (C=O) groups excluding carboxylic acids is 1. The molecule has 0 fully saturated rings. The van der Waals surface area contributed by atoms with Gasteiger partial charge in [0, 0.05) is 6.42 Å². The molecule has 0 amide bonds. The quantitative estimate of drug-likeness (QED) is 0.461. The zero-order chi connectivity index (χ0) is 8.69. The van der Waals surface area contributed by atoms with Crippen molar-refractivity contribution < 1.29 is 23.4 Å². The first kappa shape index (κ1) is 10.3. The summed E-state index contributed by atoms with van der Waals surface area (Å²) >= 11 is 0. The highest BCUT2D eigenvalue weighted by Crippen LogP contribution is 1.96. The van der Waals surface area contributed by atoms with Crippen LogP contribution in [0.1, 0.15) is 19.8 Å². The molecule has 0 aromatic heterocycles. The molecule has 0 rings (SSSR count). The van der Waals surface area contributed by atoms with E-state index < -0.39 is 19.0 Å². The molecule has 0 N–H and O–H groups in total. The molecule has 0 aliphatic rings. The first-order chi connectivity index (χ1) is 5.16. The maximum atomic E-state index is 11.4. The molecule has 5 heteroatoms. The minimum atomic E-state index is -2.61. The topological polar surface area (TPSA) is 35.5 Å². The molecule has 0 radical (unpaired) electrons. The molecule has 66 valence electrons. The molecule has 0 aliphatic carbocycles. The summed E-state index contributed by atoms with van der Waals surface area (Å²) in [6.45, 7) is 0.907. The number of carbonyl (C=O) groups is 1. The Bertz CT molecular complexity index is 116. The summed E-state index contributed by atoms with van der Waals surface area (Å²) in [5, 5.41) is 0. The van der Waals surface area contributed by atoms with Crippen LogP contribution < -0.4 is 0 Å². The minimum absolute atomic E-state index is 0.184. The van der Waals surface area contributed by atoms with Gasteiger partial charge >= 0.3 is 5.97 Å². The van der Waals surface area contributed by atoms with Crippen LogP contribution in [0.5, 0.6) is 0 Å². The molecule has 0 bridgehead atoms. The second-order valence-corrected chi connectivity index (χ2v) is 1.88. The average molecular weight is 168 g/mol. The number of halogens is 2. The van der Waals surface area contributed by atoms with E-state index in [9.17, 15) is 13.6 Å². The summed E-state index contributed by atoms with van der Waals surface area (Å²) in [7, 11) is 0. The van der Waals surface area contributed by atoms with Gasteiger partial charge in [-0.05, 0) is 6.42 Å². The Morgan fingerprint density at radius 3 is 2.64 bits per heavy atom. The highest BCUT2D eigenvalue weighted by molar-refractivity contribution is 5.68. The van der Waals surface area contributed by atoms with Crippen LogP contribution in [0.2, 0.25) is 0 Å². The molecule has 0 aromatic rings. The predicted octanol–water partition coefficient (Wildman–Crippen LogP) is 1.53. The predicted molar refractivity (Wildman–Crippen MR) is 33.0 cm³/mol. The van der Waals surface area contributed by atoms with Crippen LogP contribution in [0.25, 0.3) is 0 Å². The van der Waals surface area contributed by atoms with Gasteiger partial charge in [-0.1, -0.05) is 6.92 Å². The van der Waals surface area contributed by atoms with Gasteiger partial charge in [-0.15, -0.1) is 0 Å². The molecule has 0 spiro atoms. The zero-order valence-electron chi connectivity index (χ0n) is 6.18. The lowest BCUT2D eigenvalue weighted by Gasteiger charge is -2.00. The summed E-state index contributed by atoms with van der Waals surface area (Å²) in [5.74, 6) is -0.617. The monoisotopic (exact) mass is 168 g/mol. The lowest BCUT2D eigenvalue weighted by molar-refractivity contribution is -0.284. The maximum absolute atomic E-state index is 11.4. The Morgan fingerprint density at radius 1 is 1.55 bits per heavy atom. The molecule has 11 heavy (non-hydrogen) atoms. The van der Waals surface area contributed by atoms with Crippen molar-refractivity contribution in [3.63, 3.8) is 0 Å². The van der Waals surface area contributed by atoms with Gasteiger partial charge in [0.1, 0.15) is 0 Å². The van der Waals surface area contributed by atoms with E-state index in [-0.39, 0.29) is 6.42 Å². The summed E-state index contributed by atoms with van der Waals surface area (Å²) in [4.78, 5) is 18.3. The van der Waals surface area contributed by atoms with E-state index in [0.717, 1.165) is 0 Å². The lowest BCUT2D eigenvalue weighted by atomic mass is 10.3. The summed E-state index contributed by atoms with van der Waals surface area (Å²) < 4.78 is 22.7. The van der Waals surface area contributed by atoms with Gasteiger partial charge in [0.2, 0.25) is 0 Å². The molecule has 0 saturated heterocycles. The largest absolute Gasteiger partial charge is 0.342 e. The van der Waals surface area contributed by atoms with Crippen LogP contribution in [-0.4, -0.2) is 19.0 Å². The highest BCUT2D eigenvalue weighted by atomic mass is 19.3. The van der Waals surface area contributed by atoms with Gasteiger partial charge in [-0.2, -0.15) is 4.89 Å². The van der Waals surface area contributed by atoms with E-state index in [2.05, 4.69) is 9.78 Å². The molecule has 0 atom stereocenters. The van der Waals surface area contributed by atoms with Crippen LogP contribution in [-0.2, 0) is 14.6 Å². The molecule has 3 nitrogen and oxygen atoms in total. The van der Waals surface area contributed by atoms with Crippen molar-refractivity contribution in [2.45, 2.75) is 26.2 Å². The van der Waals surface area contributed by atoms with Gasteiger partial charge in [-0.3, -0.25) is 4.89 Å².